The lowest BCUT2D eigenvalue weighted by Gasteiger charge is -2.58. The molecular weight excluding hydrogens is 427 g/mol. The molecule has 0 bridgehead atoms. The summed E-state index contributed by atoms with van der Waals surface area (Å²) in [6.45, 7) is 2.25. The van der Waals surface area contributed by atoms with Gasteiger partial charge < -0.3 is 10.4 Å². The van der Waals surface area contributed by atoms with Gasteiger partial charge in [-0.25, -0.2) is 13.2 Å². The van der Waals surface area contributed by atoms with Crippen LogP contribution in [0.3, 0.4) is 0 Å². The van der Waals surface area contributed by atoms with Crippen molar-refractivity contribution in [3.63, 3.8) is 0 Å². The van der Waals surface area contributed by atoms with Gasteiger partial charge in [-0.15, -0.1) is 0 Å². The first-order valence-corrected chi connectivity index (χ1v) is 12.8. The van der Waals surface area contributed by atoms with Crippen molar-refractivity contribution in [2.24, 2.45) is 40.9 Å². The molecule has 33 heavy (non-hydrogen) atoms. The minimum absolute atomic E-state index is 0.00972. The first-order valence-electron chi connectivity index (χ1n) is 12.8. The second-order valence-corrected chi connectivity index (χ2v) is 12.0. The molecule has 1 unspecified atom stereocenters. The number of carbonyl (C=O) groups excluding carboxylic acids is 1. The van der Waals surface area contributed by atoms with E-state index in [9.17, 15) is 18.7 Å². The van der Waals surface area contributed by atoms with Crippen LogP contribution in [-0.2, 0) is 4.79 Å². The number of fused-ring (bicyclic) bond motifs is 7. The highest BCUT2D eigenvalue weighted by molar-refractivity contribution is 5.86. The number of rotatable bonds is 4. The number of nitrogens with one attached hydrogen (secondary N) is 1. The van der Waals surface area contributed by atoms with Crippen LogP contribution < -0.4 is 5.32 Å². The standard InChI is InChI=1S/C27H34F3NO2/c1-25-9-8-18-16(3-4-19-21-13-26(21,33)10-11-27(18,19)30)17(25)5-6-20(25)24(32)14-31-23-7-2-15(28)12-22(23)29/h2,7,12,16-21,31,33H,3-6,8-11,13-14H2,1H3/t16-,17-,18-,19+,20+,21?,25-,26-,27-/m0/s1. The van der Waals surface area contributed by atoms with Crippen molar-refractivity contribution < 1.29 is 23.1 Å². The van der Waals surface area contributed by atoms with Gasteiger partial charge in [-0.2, -0.15) is 0 Å². The Morgan fingerprint density at radius 2 is 1.82 bits per heavy atom. The normalized spacial score (nSPS) is 47.7. The van der Waals surface area contributed by atoms with Gasteiger partial charge in [-0.1, -0.05) is 6.92 Å². The second kappa shape index (κ2) is 7.22. The number of Topliss-reactive ketones (excluding diaryl/α,β-unsaturated/α-hetero) is 1. The zero-order valence-electron chi connectivity index (χ0n) is 19.3. The Morgan fingerprint density at radius 3 is 2.61 bits per heavy atom. The fourth-order valence-electron chi connectivity index (χ4n) is 9.08. The number of anilines is 1. The Labute approximate surface area is 193 Å². The number of alkyl halides is 1. The highest BCUT2D eigenvalue weighted by Crippen LogP contribution is 2.70. The summed E-state index contributed by atoms with van der Waals surface area (Å²) in [7, 11) is 0. The van der Waals surface area contributed by atoms with Crippen molar-refractivity contribution in [3.8, 4) is 0 Å². The van der Waals surface area contributed by atoms with E-state index >= 15 is 4.39 Å². The monoisotopic (exact) mass is 461 g/mol. The van der Waals surface area contributed by atoms with Crippen LogP contribution in [0.1, 0.15) is 64.7 Å². The maximum Gasteiger partial charge on any atom is 0.155 e. The molecular formula is C27H34F3NO2. The third kappa shape index (κ3) is 3.15. The molecule has 3 nitrogen and oxygen atoms in total. The first-order chi connectivity index (χ1) is 15.7. The van der Waals surface area contributed by atoms with E-state index in [0.717, 1.165) is 51.0 Å². The molecule has 0 saturated heterocycles. The van der Waals surface area contributed by atoms with E-state index < -0.39 is 22.9 Å². The van der Waals surface area contributed by atoms with Gasteiger partial charge in [0, 0.05) is 12.0 Å². The number of ketones is 1. The number of hydrogen-bond donors (Lipinski definition) is 2. The topological polar surface area (TPSA) is 49.3 Å². The summed E-state index contributed by atoms with van der Waals surface area (Å²) >= 11 is 0. The van der Waals surface area contributed by atoms with Crippen molar-refractivity contribution in [1.29, 1.82) is 0 Å². The lowest BCUT2D eigenvalue weighted by molar-refractivity contribution is -0.153. The maximum absolute atomic E-state index is 16.6. The van der Waals surface area contributed by atoms with Gasteiger partial charge in [-0.05, 0) is 105 Å². The summed E-state index contributed by atoms with van der Waals surface area (Å²) in [4.78, 5) is 13.2. The van der Waals surface area contributed by atoms with Gasteiger partial charge in [0.15, 0.2) is 5.78 Å². The number of benzene rings is 1. The molecule has 5 fully saturated rings. The van der Waals surface area contributed by atoms with Gasteiger partial charge in [0.05, 0.1) is 17.8 Å². The van der Waals surface area contributed by atoms with E-state index in [1.54, 1.807) is 0 Å². The van der Waals surface area contributed by atoms with Gasteiger partial charge in [0.1, 0.15) is 17.3 Å². The molecule has 0 aromatic heterocycles. The summed E-state index contributed by atoms with van der Waals surface area (Å²) < 4.78 is 43.7. The van der Waals surface area contributed by atoms with E-state index in [2.05, 4.69) is 12.2 Å². The third-order valence-electron chi connectivity index (χ3n) is 10.8. The van der Waals surface area contributed by atoms with Gasteiger partial charge in [0.25, 0.3) is 0 Å². The van der Waals surface area contributed by atoms with Crippen molar-refractivity contribution in [2.45, 2.75) is 76.0 Å². The van der Waals surface area contributed by atoms with Crippen LogP contribution >= 0.6 is 0 Å². The average molecular weight is 462 g/mol. The fourth-order valence-corrected chi connectivity index (χ4v) is 9.08. The van der Waals surface area contributed by atoms with E-state index in [1.165, 1.54) is 12.1 Å². The number of halogens is 3. The van der Waals surface area contributed by atoms with Crippen molar-refractivity contribution in [1.82, 2.24) is 0 Å². The SMILES string of the molecule is C[C@]12CC[C@H]3[C@@H](CC[C@@H]4C5C[C@@]5(O)CC[C@@]43F)[C@@H]1CC[C@@H]2C(=O)CNc1ccc(F)cc1F. The molecule has 0 radical (unpaired) electrons. The molecule has 1 aromatic carbocycles. The zero-order chi connectivity index (χ0) is 23.2. The zero-order valence-corrected chi connectivity index (χ0v) is 19.3. The van der Waals surface area contributed by atoms with E-state index in [1.807, 2.05) is 0 Å². The summed E-state index contributed by atoms with van der Waals surface area (Å²) in [6.07, 6.45) is 7.17. The minimum atomic E-state index is -1.15. The molecule has 1 aromatic rings. The largest absolute Gasteiger partial charge is 0.390 e. The Balaban J connectivity index is 1.17. The molecule has 180 valence electrons. The van der Waals surface area contributed by atoms with E-state index in [0.29, 0.717) is 24.7 Å². The molecule has 9 atom stereocenters. The molecule has 5 aliphatic rings. The number of aliphatic hydroxyl groups is 1. The van der Waals surface area contributed by atoms with Crippen molar-refractivity contribution >= 4 is 11.5 Å². The van der Waals surface area contributed by atoms with Crippen LogP contribution in [-0.4, -0.2) is 28.7 Å². The van der Waals surface area contributed by atoms with Crippen LogP contribution in [0.15, 0.2) is 18.2 Å². The van der Waals surface area contributed by atoms with Crippen LogP contribution in [0, 0.1) is 52.6 Å². The molecule has 6 heteroatoms. The Bertz CT molecular complexity index is 986. The third-order valence-corrected chi connectivity index (χ3v) is 10.8. The lowest BCUT2D eigenvalue weighted by Crippen LogP contribution is -2.57. The van der Waals surface area contributed by atoms with Crippen LogP contribution in [0.4, 0.5) is 18.9 Å². The summed E-state index contributed by atoms with van der Waals surface area (Å²) in [5.41, 5.74) is -1.73. The van der Waals surface area contributed by atoms with Gasteiger partial charge in [0.2, 0.25) is 0 Å². The quantitative estimate of drug-likeness (QED) is 0.608. The summed E-state index contributed by atoms with van der Waals surface area (Å²) in [6, 6.07) is 3.32. The van der Waals surface area contributed by atoms with Crippen LogP contribution in [0.5, 0.6) is 0 Å². The molecule has 0 aliphatic heterocycles. The van der Waals surface area contributed by atoms with Gasteiger partial charge in [-0.3, -0.25) is 4.79 Å². The highest BCUT2D eigenvalue weighted by atomic mass is 19.1. The molecule has 2 N–H and O–H groups in total. The Morgan fingerprint density at radius 1 is 1.03 bits per heavy atom. The van der Waals surface area contributed by atoms with Crippen molar-refractivity contribution in [3.05, 3.63) is 29.8 Å². The summed E-state index contributed by atoms with van der Waals surface area (Å²) in [5, 5.41) is 13.5. The van der Waals surface area contributed by atoms with E-state index in [4.69, 9.17) is 0 Å². The molecule has 0 spiro atoms. The molecule has 0 heterocycles. The minimum Gasteiger partial charge on any atom is -0.390 e. The van der Waals surface area contributed by atoms with Crippen LogP contribution in [0.25, 0.3) is 0 Å². The second-order valence-electron chi connectivity index (χ2n) is 12.0. The Kier molecular flexibility index (Phi) is 4.80. The average Bonchev–Trinajstić information content (AvgIpc) is 3.33. The molecule has 0 amide bonds. The lowest BCUT2D eigenvalue weighted by atomic mass is 9.48. The Hall–Kier alpha value is -1.56. The van der Waals surface area contributed by atoms with E-state index in [-0.39, 0.29) is 47.1 Å². The predicted molar refractivity (Wildman–Crippen MR) is 119 cm³/mol. The smallest absolute Gasteiger partial charge is 0.155 e. The fraction of sp³-hybridized carbons (Fsp3) is 0.741. The van der Waals surface area contributed by atoms with Crippen molar-refractivity contribution in [2.75, 3.05) is 11.9 Å². The maximum atomic E-state index is 16.6. The number of carbonyl (C=O) groups is 1. The molecule has 5 saturated carbocycles. The first kappa shape index (κ1) is 21.9. The highest BCUT2D eigenvalue weighted by Gasteiger charge is 2.71. The number of hydrogen-bond acceptors (Lipinski definition) is 3. The molecule has 6 rings (SSSR count). The van der Waals surface area contributed by atoms with Gasteiger partial charge >= 0.3 is 0 Å². The molecule has 5 aliphatic carbocycles. The summed E-state index contributed by atoms with van der Waals surface area (Å²) in [5.74, 6) is -0.483. The predicted octanol–water partition coefficient (Wildman–Crippen LogP) is 5.67. The van der Waals surface area contributed by atoms with Crippen LogP contribution in [0.2, 0.25) is 0 Å².